The fraction of sp³-hybridized carbons (Fsp3) is 0.909. The highest BCUT2D eigenvalue weighted by molar-refractivity contribution is 7.88. The zero-order valence-corrected chi connectivity index (χ0v) is 11.8. The first kappa shape index (κ1) is 15.4. The molecule has 1 amide bonds. The number of hydrogen-bond acceptors (Lipinski definition) is 4. The Hall–Kier alpha value is -0.660. The molecule has 0 bridgehead atoms. The molecule has 2 unspecified atom stereocenters. The molecule has 106 valence electrons. The first-order chi connectivity index (χ1) is 8.40. The molecule has 1 aliphatic rings. The highest BCUT2D eigenvalue weighted by Crippen LogP contribution is 2.15. The Kier molecular flexibility index (Phi) is 6.04. The maximum atomic E-state index is 11.9. The third-order valence-corrected chi connectivity index (χ3v) is 3.84. The second-order valence-corrected chi connectivity index (χ2v) is 6.64. The zero-order valence-electron chi connectivity index (χ0n) is 11.0. The fourth-order valence-electron chi connectivity index (χ4n) is 2.09. The molecule has 1 saturated heterocycles. The Balaban J connectivity index is 2.17. The predicted octanol–water partition coefficient (Wildman–Crippen LogP) is -0.570. The number of rotatable bonds is 6. The van der Waals surface area contributed by atoms with Crippen molar-refractivity contribution in [1.29, 1.82) is 0 Å². The van der Waals surface area contributed by atoms with E-state index in [0.717, 1.165) is 25.6 Å². The van der Waals surface area contributed by atoms with Crippen molar-refractivity contribution >= 4 is 15.9 Å². The Morgan fingerprint density at radius 1 is 1.39 bits per heavy atom. The van der Waals surface area contributed by atoms with E-state index in [1.54, 1.807) is 0 Å². The summed E-state index contributed by atoms with van der Waals surface area (Å²) < 4.78 is 24.0. The molecule has 1 rings (SSSR count). The van der Waals surface area contributed by atoms with Gasteiger partial charge in [0.25, 0.3) is 0 Å². The van der Waals surface area contributed by atoms with Crippen molar-refractivity contribution in [3.05, 3.63) is 0 Å². The standard InChI is InChI=1S/C11H23N3O3S/c1-9-10(5-3-6-12-9)11(15)13-7-4-8-14-18(2,16)17/h9-10,12,14H,3-8H2,1-2H3,(H,13,15). The van der Waals surface area contributed by atoms with Crippen LogP contribution in [0.15, 0.2) is 0 Å². The van der Waals surface area contributed by atoms with Crippen molar-refractivity contribution in [1.82, 2.24) is 15.4 Å². The van der Waals surface area contributed by atoms with Gasteiger partial charge in [-0.25, -0.2) is 13.1 Å². The number of sulfonamides is 1. The molecular weight excluding hydrogens is 254 g/mol. The van der Waals surface area contributed by atoms with Crippen molar-refractivity contribution in [3.8, 4) is 0 Å². The summed E-state index contributed by atoms with van der Waals surface area (Å²) >= 11 is 0. The van der Waals surface area contributed by atoms with Crippen molar-refractivity contribution in [2.24, 2.45) is 5.92 Å². The predicted molar refractivity (Wildman–Crippen MR) is 70.7 cm³/mol. The monoisotopic (exact) mass is 277 g/mol. The minimum atomic E-state index is -3.13. The average Bonchev–Trinajstić information content (AvgIpc) is 2.27. The van der Waals surface area contributed by atoms with Crippen LogP contribution in [0.25, 0.3) is 0 Å². The van der Waals surface area contributed by atoms with Crippen molar-refractivity contribution < 1.29 is 13.2 Å². The summed E-state index contributed by atoms with van der Waals surface area (Å²) in [6, 6.07) is 0.216. The summed E-state index contributed by atoms with van der Waals surface area (Å²) in [7, 11) is -3.13. The van der Waals surface area contributed by atoms with E-state index in [1.165, 1.54) is 0 Å². The number of hydrogen-bond donors (Lipinski definition) is 3. The number of carbonyl (C=O) groups is 1. The molecule has 0 aliphatic carbocycles. The number of amides is 1. The van der Waals surface area contributed by atoms with Gasteiger partial charge >= 0.3 is 0 Å². The van der Waals surface area contributed by atoms with Crippen LogP contribution in [0, 0.1) is 5.92 Å². The van der Waals surface area contributed by atoms with Gasteiger partial charge in [0.05, 0.1) is 12.2 Å². The van der Waals surface area contributed by atoms with E-state index < -0.39 is 10.0 Å². The molecule has 7 heteroatoms. The normalized spacial score (nSPS) is 24.8. The van der Waals surface area contributed by atoms with Gasteiger partial charge in [0.2, 0.25) is 15.9 Å². The van der Waals surface area contributed by atoms with Crippen LogP contribution in [-0.2, 0) is 14.8 Å². The number of carbonyl (C=O) groups excluding carboxylic acids is 1. The molecule has 6 nitrogen and oxygen atoms in total. The van der Waals surface area contributed by atoms with Gasteiger partial charge in [-0.15, -0.1) is 0 Å². The Morgan fingerprint density at radius 3 is 2.72 bits per heavy atom. The van der Waals surface area contributed by atoms with E-state index in [-0.39, 0.29) is 17.9 Å². The topological polar surface area (TPSA) is 87.3 Å². The van der Waals surface area contributed by atoms with E-state index >= 15 is 0 Å². The third-order valence-electron chi connectivity index (χ3n) is 3.12. The van der Waals surface area contributed by atoms with Crippen LogP contribution >= 0.6 is 0 Å². The molecule has 18 heavy (non-hydrogen) atoms. The SMILES string of the molecule is CC1NCCCC1C(=O)NCCCNS(C)(=O)=O. The lowest BCUT2D eigenvalue weighted by atomic mass is 9.91. The molecule has 0 aromatic rings. The molecule has 1 aliphatic heterocycles. The maximum Gasteiger partial charge on any atom is 0.224 e. The number of nitrogens with one attached hydrogen (secondary N) is 3. The minimum absolute atomic E-state index is 0.0293. The van der Waals surface area contributed by atoms with Gasteiger partial charge in [-0.3, -0.25) is 4.79 Å². The molecule has 3 N–H and O–H groups in total. The van der Waals surface area contributed by atoms with Gasteiger partial charge in [0.1, 0.15) is 0 Å². The van der Waals surface area contributed by atoms with E-state index in [0.29, 0.717) is 19.5 Å². The molecular formula is C11H23N3O3S. The van der Waals surface area contributed by atoms with Crippen molar-refractivity contribution in [2.45, 2.75) is 32.2 Å². The van der Waals surface area contributed by atoms with Gasteiger partial charge in [-0.2, -0.15) is 0 Å². The summed E-state index contributed by atoms with van der Waals surface area (Å²) in [4.78, 5) is 11.9. The van der Waals surface area contributed by atoms with Crippen LogP contribution in [0.2, 0.25) is 0 Å². The molecule has 1 fully saturated rings. The first-order valence-corrected chi connectivity index (χ1v) is 8.25. The molecule has 0 aromatic heterocycles. The lowest BCUT2D eigenvalue weighted by molar-refractivity contribution is -0.126. The zero-order chi connectivity index (χ0) is 13.6. The van der Waals surface area contributed by atoms with Crippen LogP contribution in [0.3, 0.4) is 0 Å². The van der Waals surface area contributed by atoms with Crippen LogP contribution in [-0.4, -0.2) is 46.3 Å². The van der Waals surface area contributed by atoms with E-state index in [4.69, 9.17) is 0 Å². The molecule has 0 spiro atoms. The summed E-state index contributed by atoms with van der Waals surface area (Å²) in [5.74, 6) is 0.0932. The highest BCUT2D eigenvalue weighted by atomic mass is 32.2. The smallest absolute Gasteiger partial charge is 0.224 e. The second kappa shape index (κ2) is 7.06. The highest BCUT2D eigenvalue weighted by Gasteiger charge is 2.26. The van der Waals surface area contributed by atoms with Gasteiger partial charge in [-0.1, -0.05) is 0 Å². The quantitative estimate of drug-likeness (QED) is 0.567. The largest absolute Gasteiger partial charge is 0.356 e. The number of piperidine rings is 1. The van der Waals surface area contributed by atoms with Gasteiger partial charge in [-0.05, 0) is 32.7 Å². The first-order valence-electron chi connectivity index (χ1n) is 6.36. The lowest BCUT2D eigenvalue weighted by Crippen LogP contribution is -2.47. The minimum Gasteiger partial charge on any atom is -0.356 e. The third kappa shape index (κ3) is 5.79. The molecule has 0 saturated carbocycles. The van der Waals surface area contributed by atoms with Crippen LogP contribution in [0.5, 0.6) is 0 Å². The molecule has 2 atom stereocenters. The summed E-state index contributed by atoms with van der Waals surface area (Å²) in [5.41, 5.74) is 0. The summed E-state index contributed by atoms with van der Waals surface area (Å²) in [5, 5.41) is 6.14. The lowest BCUT2D eigenvalue weighted by Gasteiger charge is -2.28. The summed E-state index contributed by atoms with van der Waals surface area (Å²) in [6.45, 7) is 3.86. The van der Waals surface area contributed by atoms with Gasteiger partial charge in [0.15, 0.2) is 0 Å². The van der Waals surface area contributed by atoms with Gasteiger partial charge in [0, 0.05) is 19.1 Å². The maximum absolute atomic E-state index is 11.9. The van der Waals surface area contributed by atoms with E-state index in [2.05, 4.69) is 15.4 Å². The van der Waals surface area contributed by atoms with E-state index in [1.807, 2.05) is 6.92 Å². The van der Waals surface area contributed by atoms with Crippen LogP contribution in [0.1, 0.15) is 26.2 Å². The fourth-order valence-corrected chi connectivity index (χ4v) is 2.61. The summed E-state index contributed by atoms with van der Waals surface area (Å²) in [6.07, 6.45) is 3.67. The Morgan fingerprint density at radius 2 is 2.11 bits per heavy atom. The van der Waals surface area contributed by atoms with Crippen LogP contribution < -0.4 is 15.4 Å². The second-order valence-electron chi connectivity index (χ2n) is 4.80. The van der Waals surface area contributed by atoms with Crippen LogP contribution in [0.4, 0.5) is 0 Å². The van der Waals surface area contributed by atoms with Crippen molar-refractivity contribution in [2.75, 3.05) is 25.9 Å². The molecule has 0 aromatic carbocycles. The average molecular weight is 277 g/mol. The molecule has 1 heterocycles. The Labute approximate surface area is 109 Å². The van der Waals surface area contributed by atoms with E-state index in [9.17, 15) is 13.2 Å². The molecule has 0 radical (unpaired) electrons. The van der Waals surface area contributed by atoms with Gasteiger partial charge < -0.3 is 10.6 Å². The van der Waals surface area contributed by atoms with Crippen molar-refractivity contribution in [3.63, 3.8) is 0 Å². The Bertz CT molecular complexity index is 370.